The van der Waals surface area contributed by atoms with Crippen molar-refractivity contribution in [2.45, 2.75) is 6.92 Å². The molecule has 0 saturated heterocycles. The lowest BCUT2D eigenvalue weighted by Crippen LogP contribution is -2.37. The van der Waals surface area contributed by atoms with Gasteiger partial charge in [0.25, 0.3) is 23.6 Å². The van der Waals surface area contributed by atoms with Crippen molar-refractivity contribution in [3.63, 3.8) is 0 Å². The average molecular weight is 387 g/mol. The highest BCUT2D eigenvalue weighted by Gasteiger charge is 2.33. The van der Waals surface area contributed by atoms with E-state index in [1.807, 2.05) is 0 Å². The fourth-order valence-corrected chi connectivity index (χ4v) is 3.26. The summed E-state index contributed by atoms with van der Waals surface area (Å²) in [5, 5.41) is 11.2. The van der Waals surface area contributed by atoms with Gasteiger partial charge >= 0.3 is 0 Å². The molecule has 0 unspecified atom stereocenters. The predicted molar refractivity (Wildman–Crippen MR) is 100 cm³/mol. The molecule has 142 valence electrons. The molecule has 1 aromatic carbocycles. The fourth-order valence-electron chi connectivity index (χ4n) is 3.26. The van der Waals surface area contributed by atoms with E-state index in [0.29, 0.717) is 28.2 Å². The quantitative estimate of drug-likeness (QED) is 0.622. The van der Waals surface area contributed by atoms with Crippen LogP contribution in [0.4, 0.5) is 0 Å². The topological polar surface area (TPSA) is 120 Å². The molecule has 0 bridgehead atoms. The summed E-state index contributed by atoms with van der Waals surface area (Å²) in [5.74, 6) is -1.31. The van der Waals surface area contributed by atoms with Gasteiger partial charge in [-0.2, -0.15) is 5.26 Å². The number of hydrogen-bond acceptors (Lipinski definition) is 6. The second kappa shape index (κ2) is 6.42. The number of imide groups is 2. The second-order valence-electron chi connectivity index (χ2n) is 6.58. The monoisotopic (exact) mass is 387 g/mol. The lowest BCUT2D eigenvalue weighted by molar-refractivity contribution is -0.126. The maximum Gasteiger partial charge on any atom is 0.269 e. The number of nitrogens with zero attached hydrogens (tertiary/aromatic N) is 2. The summed E-state index contributed by atoms with van der Waals surface area (Å²) >= 11 is 0. The molecule has 2 aromatic rings. The summed E-state index contributed by atoms with van der Waals surface area (Å²) in [6.07, 6.45) is 1.44. The first-order valence-electron chi connectivity index (χ1n) is 8.57. The van der Waals surface area contributed by atoms with Gasteiger partial charge in [0.15, 0.2) is 0 Å². The van der Waals surface area contributed by atoms with E-state index in [0.717, 1.165) is 4.90 Å². The number of carbonyl (C=O) groups excluding carboxylic acids is 4. The normalized spacial score (nSPS) is 17.7. The lowest BCUT2D eigenvalue weighted by Gasteiger charge is -2.15. The molecule has 0 fully saturated rings. The summed E-state index contributed by atoms with van der Waals surface area (Å²) in [6, 6.07) is 9.90. The van der Waals surface area contributed by atoms with Crippen LogP contribution in [0.2, 0.25) is 0 Å². The summed E-state index contributed by atoms with van der Waals surface area (Å²) in [7, 11) is 1.42. The van der Waals surface area contributed by atoms with E-state index in [4.69, 9.17) is 9.68 Å². The Morgan fingerprint density at radius 1 is 1.03 bits per heavy atom. The number of amides is 4. The minimum atomic E-state index is -0.727. The predicted octanol–water partition coefficient (Wildman–Crippen LogP) is 2.05. The first-order valence-corrected chi connectivity index (χ1v) is 8.57. The maximum absolute atomic E-state index is 12.2. The smallest absolute Gasteiger partial charge is 0.269 e. The molecule has 1 N–H and O–H groups in total. The van der Waals surface area contributed by atoms with Crippen molar-refractivity contribution in [1.29, 1.82) is 5.26 Å². The fraction of sp³-hybridized carbons (Fsp3) is 0.0952. The van der Waals surface area contributed by atoms with E-state index in [-0.39, 0.29) is 28.5 Å². The van der Waals surface area contributed by atoms with Crippen LogP contribution in [-0.2, 0) is 9.59 Å². The van der Waals surface area contributed by atoms with Gasteiger partial charge in [-0.25, -0.2) is 0 Å². The number of benzene rings is 1. The minimum absolute atomic E-state index is 0.131. The maximum atomic E-state index is 12.2. The van der Waals surface area contributed by atoms with Gasteiger partial charge in [0.2, 0.25) is 0 Å². The molecule has 2 aliphatic rings. The van der Waals surface area contributed by atoms with Gasteiger partial charge in [0.1, 0.15) is 23.2 Å². The zero-order valence-corrected chi connectivity index (χ0v) is 15.4. The van der Waals surface area contributed by atoms with E-state index in [2.05, 4.69) is 5.32 Å². The van der Waals surface area contributed by atoms with Gasteiger partial charge in [-0.05, 0) is 42.8 Å². The van der Waals surface area contributed by atoms with Crippen LogP contribution in [0.5, 0.6) is 0 Å². The molecule has 29 heavy (non-hydrogen) atoms. The number of nitrogens with one attached hydrogen (secondary N) is 1. The Morgan fingerprint density at radius 3 is 2.48 bits per heavy atom. The SMILES string of the molecule is CC1=C(C#N)C(=O)NC(=O)/C1=C\c1ccc(-c2ccc3c(c2)C(=O)N(C)C3=O)o1. The van der Waals surface area contributed by atoms with Crippen molar-refractivity contribution in [2.75, 3.05) is 7.05 Å². The van der Waals surface area contributed by atoms with Crippen molar-refractivity contribution in [3.8, 4) is 17.4 Å². The first-order chi connectivity index (χ1) is 13.8. The van der Waals surface area contributed by atoms with E-state index >= 15 is 0 Å². The highest BCUT2D eigenvalue weighted by molar-refractivity contribution is 6.21. The largest absolute Gasteiger partial charge is 0.457 e. The van der Waals surface area contributed by atoms with Crippen molar-refractivity contribution in [2.24, 2.45) is 0 Å². The molecule has 4 amide bonds. The average Bonchev–Trinajstić information content (AvgIpc) is 3.25. The molecular weight excluding hydrogens is 374 g/mol. The Labute approximate surface area is 164 Å². The number of hydrogen-bond donors (Lipinski definition) is 1. The van der Waals surface area contributed by atoms with Crippen LogP contribution < -0.4 is 5.32 Å². The molecule has 2 aliphatic heterocycles. The van der Waals surface area contributed by atoms with Crippen molar-refractivity contribution >= 4 is 29.7 Å². The molecule has 4 rings (SSSR count). The van der Waals surface area contributed by atoms with Gasteiger partial charge in [0, 0.05) is 18.2 Å². The zero-order chi connectivity index (χ0) is 20.9. The van der Waals surface area contributed by atoms with Crippen LogP contribution in [0.3, 0.4) is 0 Å². The van der Waals surface area contributed by atoms with Crippen LogP contribution in [-0.4, -0.2) is 35.6 Å². The van der Waals surface area contributed by atoms with Gasteiger partial charge in [-0.15, -0.1) is 0 Å². The van der Waals surface area contributed by atoms with Crippen LogP contribution >= 0.6 is 0 Å². The molecule has 0 saturated carbocycles. The zero-order valence-electron chi connectivity index (χ0n) is 15.4. The standard InChI is InChI=1S/C21H13N3O5/c1-10-14(18(25)23-19(26)16(10)9-22)8-12-4-6-17(29-12)11-3-5-13-15(7-11)21(28)24(2)20(13)27/h3-8H,1-2H3,(H,23,25,26)/b14-8-. The highest BCUT2D eigenvalue weighted by Crippen LogP contribution is 2.30. The molecular formula is C21H13N3O5. The van der Waals surface area contributed by atoms with Crippen LogP contribution in [0.15, 0.2) is 51.5 Å². The van der Waals surface area contributed by atoms with Gasteiger partial charge in [-0.1, -0.05) is 6.07 Å². The Hall–Kier alpha value is -4.25. The van der Waals surface area contributed by atoms with E-state index in [1.165, 1.54) is 20.0 Å². The van der Waals surface area contributed by atoms with E-state index in [9.17, 15) is 19.2 Å². The number of rotatable bonds is 2. The molecule has 0 spiro atoms. The van der Waals surface area contributed by atoms with Crippen LogP contribution in [0.25, 0.3) is 17.4 Å². The summed E-state index contributed by atoms with van der Waals surface area (Å²) in [6.45, 7) is 1.52. The summed E-state index contributed by atoms with van der Waals surface area (Å²) in [4.78, 5) is 49.0. The third-order valence-electron chi connectivity index (χ3n) is 4.88. The number of nitriles is 1. The summed E-state index contributed by atoms with van der Waals surface area (Å²) in [5.41, 5.74) is 1.52. The number of fused-ring (bicyclic) bond motifs is 1. The molecule has 8 heteroatoms. The van der Waals surface area contributed by atoms with Crippen molar-refractivity contribution < 1.29 is 23.6 Å². The molecule has 0 aliphatic carbocycles. The first kappa shape index (κ1) is 18.1. The molecule has 0 radical (unpaired) electrons. The minimum Gasteiger partial charge on any atom is -0.457 e. The van der Waals surface area contributed by atoms with Crippen molar-refractivity contribution in [1.82, 2.24) is 10.2 Å². The Bertz CT molecular complexity index is 1240. The van der Waals surface area contributed by atoms with Crippen molar-refractivity contribution in [3.05, 3.63) is 63.9 Å². The van der Waals surface area contributed by atoms with E-state index < -0.39 is 11.8 Å². The summed E-state index contributed by atoms with van der Waals surface area (Å²) < 4.78 is 5.76. The molecule has 1 aromatic heterocycles. The third-order valence-corrected chi connectivity index (χ3v) is 4.88. The van der Waals surface area contributed by atoms with E-state index in [1.54, 1.807) is 36.4 Å². The molecule has 3 heterocycles. The van der Waals surface area contributed by atoms with Gasteiger partial charge in [0.05, 0.1) is 11.1 Å². The Morgan fingerprint density at radius 2 is 1.76 bits per heavy atom. The highest BCUT2D eigenvalue weighted by atomic mass is 16.3. The van der Waals surface area contributed by atoms with Crippen LogP contribution in [0, 0.1) is 11.3 Å². The van der Waals surface area contributed by atoms with Crippen LogP contribution in [0.1, 0.15) is 33.4 Å². The number of carbonyl (C=O) groups is 4. The molecule has 0 atom stereocenters. The Kier molecular flexibility index (Phi) is 4.01. The number of furan rings is 1. The Balaban J connectivity index is 1.71. The van der Waals surface area contributed by atoms with Gasteiger partial charge in [-0.3, -0.25) is 29.4 Å². The molecule has 8 nitrogen and oxygen atoms in total. The third kappa shape index (κ3) is 2.76. The second-order valence-corrected chi connectivity index (χ2v) is 6.58. The lowest BCUT2D eigenvalue weighted by atomic mass is 9.96. The van der Waals surface area contributed by atoms with Gasteiger partial charge < -0.3 is 4.42 Å².